The van der Waals surface area contributed by atoms with Crippen LogP contribution in [0.2, 0.25) is 0 Å². The number of fused-ring (bicyclic) bond motifs is 2. The summed E-state index contributed by atoms with van der Waals surface area (Å²) in [5.41, 5.74) is 9.51. The number of amides is 1. The molecule has 0 unspecified atom stereocenters. The van der Waals surface area contributed by atoms with E-state index in [1.807, 2.05) is 4.90 Å². The summed E-state index contributed by atoms with van der Waals surface area (Å²) in [6.45, 7) is 1.72. The van der Waals surface area contributed by atoms with Gasteiger partial charge in [-0.15, -0.1) is 11.3 Å². The Bertz CT molecular complexity index is 744. The summed E-state index contributed by atoms with van der Waals surface area (Å²) in [5, 5.41) is 0.980. The van der Waals surface area contributed by atoms with Crippen LogP contribution in [0.1, 0.15) is 59.5 Å². The van der Waals surface area contributed by atoms with Crippen molar-refractivity contribution in [2.75, 3.05) is 18.8 Å². The molecule has 2 N–H and O–H groups in total. The van der Waals surface area contributed by atoms with Crippen molar-refractivity contribution in [1.82, 2.24) is 9.88 Å². The Morgan fingerprint density at radius 1 is 1.09 bits per heavy atom. The molecule has 5 heteroatoms. The first kappa shape index (κ1) is 14.9. The van der Waals surface area contributed by atoms with Crippen molar-refractivity contribution in [1.29, 1.82) is 0 Å². The highest BCUT2D eigenvalue weighted by Gasteiger charge is 2.24. The largest absolute Gasteiger partial charge is 0.397 e. The van der Waals surface area contributed by atoms with E-state index in [1.54, 1.807) is 0 Å². The predicted molar refractivity (Wildman–Crippen MR) is 95.0 cm³/mol. The first-order valence-corrected chi connectivity index (χ1v) is 9.56. The number of nitrogens with two attached hydrogens (primary N) is 1. The zero-order valence-corrected chi connectivity index (χ0v) is 14.3. The lowest BCUT2D eigenvalue weighted by Crippen LogP contribution is -2.31. The summed E-state index contributed by atoms with van der Waals surface area (Å²) >= 11 is 1.48. The molecule has 0 atom stereocenters. The third-order valence-electron chi connectivity index (χ3n) is 5.09. The second-order valence-electron chi connectivity index (χ2n) is 6.71. The topological polar surface area (TPSA) is 59.2 Å². The Kier molecular flexibility index (Phi) is 3.97. The van der Waals surface area contributed by atoms with Crippen LogP contribution in [-0.2, 0) is 12.8 Å². The molecule has 2 aliphatic rings. The van der Waals surface area contributed by atoms with E-state index in [0.717, 1.165) is 49.0 Å². The minimum Gasteiger partial charge on any atom is -0.397 e. The van der Waals surface area contributed by atoms with E-state index >= 15 is 0 Å². The number of hydrogen-bond acceptors (Lipinski definition) is 4. The van der Waals surface area contributed by atoms with E-state index in [-0.39, 0.29) is 5.91 Å². The molecule has 2 aromatic heterocycles. The normalized spacial score (nSPS) is 18.7. The summed E-state index contributed by atoms with van der Waals surface area (Å²) in [7, 11) is 0. The first-order chi connectivity index (χ1) is 11.2. The van der Waals surface area contributed by atoms with Crippen LogP contribution in [0.3, 0.4) is 0 Å². The molecule has 0 aromatic carbocycles. The van der Waals surface area contributed by atoms with Crippen LogP contribution in [0.25, 0.3) is 10.2 Å². The number of hydrogen-bond donors (Lipinski definition) is 1. The van der Waals surface area contributed by atoms with Crippen molar-refractivity contribution in [3.63, 3.8) is 0 Å². The zero-order valence-electron chi connectivity index (χ0n) is 13.4. The Morgan fingerprint density at radius 3 is 2.61 bits per heavy atom. The van der Waals surface area contributed by atoms with Gasteiger partial charge >= 0.3 is 0 Å². The van der Waals surface area contributed by atoms with Crippen LogP contribution in [0.15, 0.2) is 6.07 Å². The van der Waals surface area contributed by atoms with E-state index in [4.69, 9.17) is 10.7 Å². The number of thiophene rings is 1. The van der Waals surface area contributed by atoms with E-state index < -0.39 is 0 Å². The van der Waals surface area contributed by atoms with Crippen LogP contribution in [0, 0.1) is 0 Å². The highest BCUT2D eigenvalue weighted by molar-refractivity contribution is 7.21. The Morgan fingerprint density at radius 2 is 1.83 bits per heavy atom. The Balaban J connectivity index is 1.72. The minimum absolute atomic E-state index is 0.102. The van der Waals surface area contributed by atoms with Crippen LogP contribution in [-0.4, -0.2) is 28.9 Å². The molecule has 0 bridgehead atoms. The van der Waals surface area contributed by atoms with Crippen molar-refractivity contribution in [2.45, 2.75) is 51.4 Å². The highest BCUT2D eigenvalue weighted by Crippen LogP contribution is 2.36. The summed E-state index contributed by atoms with van der Waals surface area (Å²) in [5.74, 6) is 0.102. The number of aromatic nitrogens is 1. The number of nitrogens with zero attached hydrogens (tertiary/aromatic N) is 2. The number of carbonyl (C=O) groups is 1. The summed E-state index contributed by atoms with van der Waals surface area (Å²) in [6, 6.07) is 2.18. The molecule has 0 radical (unpaired) electrons. The minimum atomic E-state index is 0.102. The van der Waals surface area contributed by atoms with Gasteiger partial charge in [0.05, 0.1) is 5.69 Å². The second-order valence-corrected chi connectivity index (χ2v) is 7.70. The van der Waals surface area contributed by atoms with Gasteiger partial charge in [0.2, 0.25) is 0 Å². The summed E-state index contributed by atoms with van der Waals surface area (Å²) in [6.07, 6.45) is 9.23. The van der Waals surface area contributed by atoms with Gasteiger partial charge in [-0.3, -0.25) is 4.79 Å². The van der Waals surface area contributed by atoms with Gasteiger partial charge in [-0.2, -0.15) is 0 Å². The molecular formula is C18H23N3OS. The fraction of sp³-hybridized carbons (Fsp3) is 0.556. The van der Waals surface area contributed by atoms with Crippen molar-refractivity contribution < 1.29 is 4.79 Å². The third-order valence-corrected chi connectivity index (χ3v) is 6.19. The quantitative estimate of drug-likeness (QED) is 0.866. The molecule has 4 nitrogen and oxygen atoms in total. The number of likely N-dealkylation sites (tertiary alicyclic amines) is 1. The van der Waals surface area contributed by atoms with Gasteiger partial charge in [0.15, 0.2) is 0 Å². The maximum absolute atomic E-state index is 12.9. The zero-order chi connectivity index (χ0) is 15.8. The molecule has 23 heavy (non-hydrogen) atoms. The summed E-state index contributed by atoms with van der Waals surface area (Å²) in [4.78, 5) is 21.3. The maximum Gasteiger partial charge on any atom is 0.266 e. The van der Waals surface area contributed by atoms with Gasteiger partial charge in [-0.25, -0.2) is 4.98 Å². The molecule has 1 aliphatic carbocycles. The van der Waals surface area contributed by atoms with Crippen molar-refractivity contribution in [3.05, 3.63) is 22.2 Å². The van der Waals surface area contributed by atoms with Crippen molar-refractivity contribution in [3.8, 4) is 0 Å². The van der Waals surface area contributed by atoms with E-state index in [2.05, 4.69) is 6.07 Å². The van der Waals surface area contributed by atoms with E-state index in [9.17, 15) is 4.79 Å². The fourth-order valence-electron chi connectivity index (χ4n) is 3.74. The maximum atomic E-state index is 12.9. The number of aryl methyl sites for hydroxylation is 2. The fourth-order valence-corrected chi connectivity index (χ4v) is 4.80. The number of nitrogen functional groups attached to an aromatic ring is 1. The first-order valence-electron chi connectivity index (χ1n) is 8.74. The smallest absolute Gasteiger partial charge is 0.266 e. The number of rotatable bonds is 1. The Labute approximate surface area is 140 Å². The molecule has 3 heterocycles. The molecule has 0 spiro atoms. The van der Waals surface area contributed by atoms with E-state index in [0.29, 0.717) is 10.6 Å². The molecule has 4 rings (SSSR count). The summed E-state index contributed by atoms with van der Waals surface area (Å²) < 4.78 is 0. The highest BCUT2D eigenvalue weighted by atomic mass is 32.1. The van der Waals surface area contributed by atoms with Crippen LogP contribution < -0.4 is 5.73 Å². The monoisotopic (exact) mass is 329 g/mol. The standard InChI is InChI=1S/C18H23N3OS/c19-15-13-11-12-7-3-4-8-14(12)20-17(13)23-16(15)18(22)21-9-5-1-2-6-10-21/h11H,1-10,19H2. The van der Waals surface area contributed by atoms with Crippen LogP contribution >= 0.6 is 11.3 Å². The second kappa shape index (κ2) is 6.11. The van der Waals surface area contributed by atoms with Gasteiger partial charge in [0.1, 0.15) is 9.71 Å². The van der Waals surface area contributed by atoms with Gasteiger partial charge in [0.25, 0.3) is 5.91 Å². The van der Waals surface area contributed by atoms with E-state index in [1.165, 1.54) is 48.3 Å². The lowest BCUT2D eigenvalue weighted by molar-refractivity contribution is 0.0767. The Hall–Kier alpha value is -1.62. The molecule has 1 saturated heterocycles. The van der Waals surface area contributed by atoms with Gasteiger partial charge in [0, 0.05) is 24.2 Å². The molecule has 122 valence electrons. The third kappa shape index (κ3) is 2.71. The molecule has 1 aliphatic heterocycles. The van der Waals surface area contributed by atoms with Gasteiger partial charge < -0.3 is 10.6 Å². The van der Waals surface area contributed by atoms with Gasteiger partial charge in [-0.05, 0) is 50.2 Å². The molecular weight excluding hydrogens is 306 g/mol. The number of anilines is 1. The number of pyridine rings is 1. The van der Waals surface area contributed by atoms with Crippen molar-refractivity contribution in [2.24, 2.45) is 0 Å². The van der Waals surface area contributed by atoms with Crippen molar-refractivity contribution >= 4 is 33.1 Å². The van der Waals surface area contributed by atoms with Crippen LogP contribution in [0.5, 0.6) is 0 Å². The predicted octanol–water partition coefficient (Wildman–Crippen LogP) is 3.77. The molecule has 1 fully saturated rings. The SMILES string of the molecule is Nc1c(C(=O)N2CCCCCC2)sc2nc3c(cc12)CCCC3. The lowest BCUT2D eigenvalue weighted by atomic mass is 9.95. The lowest BCUT2D eigenvalue weighted by Gasteiger charge is -2.19. The molecule has 0 saturated carbocycles. The number of carbonyl (C=O) groups excluding carboxylic acids is 1. The molecule has 2 aromatic rings. The average molecular weight is 329 g/mol. The average Bonchev–Trinajstić information content (AvgIpc) is 2.77. The van der Waals surface area contributed by atoms with Crippen LogP contribution in [0.4, 0.5) is 5.69 Å². The molecule has 1 amide bonds. The van der Waals surface area contributed by atoms with Gasteiger partial charge in [-0.1, -0.05) is 12.8 Å².